The van der Waals surface area contributed by atoms with E-state index in [1.54, 1.807) is 6.07 Å². The fraction of sp³-hybridized carbons (Fsp3) is 0.526. The number of fused-ring (bicyclic) bond motifs is 3. The molecule has 0 saturated carbocycles. The molecule has 7 heteroatoms. The molecule has 3 unspecified atom stereocenters. The lowest BCUT2D eigenvalue weighted by atomic mass is 9.96. The molecule has 0 radical (unpaired) electrons. The van der Waals surface area contributed by atoms with Crippen LogP contribution in [-0.4, -0.2) is 30.8 Å². The van der Waals surface area contributed by atoms with Crippen LogP contribution in [0.25, 0.3) is 11.0 Å². The van der Waals surface area contributed by atoms with Crippen molar-refractivity contribution in [2.24, 2.45) is 4.99 Å². The number of hydrogen-bond donors (Lipinski definition) is 2. The molecule has 1 aromatic heterocycles. The Morgan fingerprint density at radius 1 is 1.35 bits per heavy atom. The van der Waals surface area contributed by atoms with E-state index < -0.39 is 0 Å². The molecule has 26 heavy (non-hydrogen) atoms. The lowest BCUT2D eigenvalue weighted by Gasteiger charge is -2.22. The van der Waals surface area contributed by atoms with Crippen LogP contribution in [-0.2, 0) is 11.3 Å². The number of rotatable bonds is 4. The smallest absolute Gasteiger partial charge is 0.192 e. The Hall–Kier alpha value is -1.35. The van der Waals surface area contributed by atoms with Crippen molar-refractivity contribution >= 4 is 40.9 Å². The summed E-state index contributed by atoms with van der Waals surface area (Å²) in [5, 5.41) is 7.59. The first-order valence-electron chi connectivity index (χ1n) is 9.02. The molecule has 0 amide bonds. The van der Waals surface area contributed by atoms with E-state index in [1.807, 2.05) is 13.8 Å². The minimum absolute atomic E-state index is 0. The molecule has 2 aliphatic heterocycles. The zero-order valence-corrected chi connectivity index (χ0v) is 17.4. The predicted molar refractivity (Wildman–Crippen MR) is 111 cm³/mol. The zero-order chi connectivity index (χ0) is 17.4. The number of benzene rings is 1. The topological polar surface area (TPSA) is 58.8 Å². The van der Waals surface area contributed by atoms with Gasteiger partial charge in [0.15, 0.2) is 5.96 Å². The van der Waals surface area contributed by atoms with Crippen LogP contribution >= 0.6 is 24.0 Å². The maximum absolute atomic E-state index is 13.4. The van der Waals surface area contributed by atoms with Gasteiger partial charge in [-0.1, -0.05) is 0 Å². The molecule has 2 bridgehead atoms. The van der Waals surface area contributed by atoms with Gasteiger partial charge < -0.3 is 19.8 Å². The molecule has 0 aliphatic carbocycles. The van der Waals surface area contributed by atoms with Gasteiger partial charge in [-0.3, -0.25) is 0 Å². The van der Waals surface area contributed by atoms with Gasteiger partial charge in [0.1, 0.15) is 23.7 Å². The van der Waals surface area contributed by atoms with Crippen molar-refractivity contribution in [3.63, 3.8) is 0 Å². The van der Waals surface area contributed by atoms with Crippen molar-refractivity contribution < 1.29 is 13.5 Å². The van der Waals surface area contributed by atoms with Crippen molar-refractivity contribution in [2.75, 3.05) is 6.54 Å². The third-order valence-corrected chi connectivity index (χ3v) is 5.15. The fourth-order valence-corrected chi connectivity index (χ4v) is 3.83. The van der Waals surface area contributed by atoms with E-state index in [1.165, 1.54) is 18.6 Å². The van der Waals surface area contributed by atoms with Gasteiger partial charge in [0, 0.05) is 17.5 Å². The number of furan rings is 1. The fourth-order valence-electron chi connectivity index (χ4n) is 3.83. The molecular formula is C19H25FIN3O2. The number of halogens is 2. The second kappa shape index (κ2) is 8.12. The second-order valence-electron chi connectivity index (χ2n) is 6.85. The van der Waals surface area contributed by atoms with Crippen LogP contribution in [0.15, 0.2) is 27.6 Å². The first-order valence-corrected chi connectivity index (χ1v) is 9.02. The monoisotopic (exact) mass is 473 g/mol. The SMILES string of the molecule is CCNC(=NCc1oc2ccc(F)cc2c1C)NC1CC2CCC1O2.I. The maximum Gasteiger partial charge on any atom is 0.192 e. The third kappa shape index (κ3) is 3.83. The van der Waals surface area contributed by atoms with Crippen molar-refractivity contribution in [1.29, 1.82) is 0 Å². The number of nitrogens with one attached hydrogen (secondary N) is 2. The summed E-state index contributed by atoms with van der Waals surface area (Å²) in [6, 6.07) is 4.92. The summed E-state index contributed by atoms with van der Waals surface area (Å²) >= 11 is 0. The van der Waals surface area contributed by atoms with E-state index in [-0.39, 0.29) is 29.8 Å². The summed E-state index contributed by atoms with van der Waals surface area (Å²) in [6.45, 7) is 5.20. The lowest BCUT2D eigenvalue weighted by Crippen LogP contribution is -2.47. The number of ether oxygens (including phenoxy) is 1. The molecule has 3 heterocycles. The number of guanidine groups is 1. The minimum Gasteiger partial charge on any atom is -0.459 e. The van der Waals surface area contributed by atoms with Gasteiger partial charge in [0.2, 0.25) is 0 Å². The summed E-state index contributed by atoms with van der Waals surface area (Å²) in [5.74, 6) is 1.29. The molecule has 2 aromatic rings. The quantitative estimate of drug-likeness (QED) is 0.402. The molecule has 3 atom stereocenters. The molecule has 142 valence electrons. The molecule has 2 fully saturated rings. The van der Waals surface area contributed by atoms with E-state index >= 15 is 0 Å². The maximum atomic E-state index is 13.4. The van der Waals surface area contributed by atoms with E-state index in [2.05, 4.69) is 15.6 Å². The first-order chi connectivity index (χ1) is 12.1. The minimum atomic E-state index is -0.252. The van der Waals surface area contributed by atoms with Crippen molar-refractivity contribution in [1.82, 2.24) is 10.6 Å². The molecule has 2 aliphatic rings. The Morgan fingerprint density at radius 2 is 2.19 bits per heavy atom. The van der Waals surface area contributed by atoms with Crippen LogP contribution in [0.4, 0.5) is 4.39 Å². The van der Waals surface area contributed by atoms with Crippen LogP contribution in [0, 0.1) is 12.7 Å². The van der Waals surface area contributed by atoms with Gasteiger partial charge in [-0.25, -0.2) is 9.38 Å². The summed E-state index contributed by atoms with van der Waals surface area (Å²) < 4.78 is 25.2. The number of aryl methyl sites for hydroxylation is 1. The van der Waals surface area contributed by atoms with Gasteiger partial charge in [0.05, 0.1) is 18.2 Å². The summed E-state index contributed by atoms with van der Waals surface area (Å²) in [5.41, 5.74) is 1.64. The number of hydrogen-bond acceptors (Lipinski definition) is 3. The van der Waals surface area contributed by atoms with Crippen LogP contribution < -0.4 is 10.6 Å². The molecule has 2 N–H and O–H groups in total. The highest BCUT2D eigenvalue weighted by molar-refractivity contribution is 14.0. The average molecular weight is 473 g/mol. The molecular weight excluding hydrogens is 448 g/mol. The van der Waals surface area contributed by atoms with Crippen LogP contribution in [0.5, 0.6) is 0 Å². The molecule has 5 nitrogen and oxygen atoms in total. The van der Waals surface area contributed by atoms with Crippen LogP contribution in [0.3, 0.4) is 0 Å². The largest absolute Gasteiger partial charge is 0.459 e. The Kier molecular flexibility index (Phi) is 6.06. The highest BCUT2D eigenvalue weighted by Crippen LogP contribution is 2.34. The zero-order valence-electron chi connectivity index (χ0n) is 15.0. The Balaban J connectivity index is 0.00000196. The van der Waals surface area contributed by atoms with Gasteiger partial charge in [-0.05, 0) is 51.3 Å². The highest BCUT2D eigenvalue weighted by atomic mass is 127. The predicted octanol–water partition coefficient (Wildman–Crippen LogP) is 3.87. The first kappa shape index (κ1) is 19.4. The molecule has 2 saturated heterocycles. The van der Waals surface area contributed by atoms with E-state index in [9.17, 15) is 4.39 Å². The van der Waals surface area contributed by atoms with E-state index in [4.69, 9.17) is 9.15 Å². The van der Waals surface area contributed by atoms with E-state index in [0.717, 1.165) is 42.1 Å². The third-order valence-electron chi connectivity index (χ3n) is 5.15. The molecule has 4 rings (SSSR count). The Morgan fingerprint density at radius 3 is 2.88 bits per heavy atom. The van der Waals surface area contributed by atoms with Crippen LogP contribution in [0.1, 0.15) is 37.5 Å². The van der Waals surface area contributed by atoms with Gasteiger partial charge in [0.25, 0.3) is 0 Å². The number of aliphatic imine (C=N–C) groups is 1. The van der Waals surface area contributed by atoms with Crippen molar-refractivity contribution in [3.8, 4) is 0 Å². The Bertz CT molecular complexity index is 807. The lowest BCUT2D eigenvalue weighted by molar-refractivity contribution is 0.0992. The number of nitrogens with zero attached hydrogens (tertiary/aromatic N) is 1. The normalized spacial score (nSPS) is 24.7. The summed E-state index contributed by atoms with van der Waals surface area (Å²) in [7, 11) is 0. The summed E-state index contributed by atoms with van der Waals surface area (Å²) in [6.07, 6.45) is 4.03. The van der Waals surface area contributed by atoms with Gasteiger partial charge in [-0.15, -0.1) is 24.0 Å². The standard InChI is InChI=1S/C19H24FN3O2.HI/c1-3-21-19(23-15-9-13-5-7-17(15)24-13)22-10-18-11(2)14-8-12(20)4-6-16(14)25-18;/h4,6,8,13,15,17H,3,5,7,9-10H2,1-2H3,(H2,21,22,23);1H. The van der Waals surface area contributed by atoms with Crippen molar-refractivity contribution in [3.05, 3.63) is 35.3 Å². The Labute approximate surface area is 169 Å². The average Bonchev–Trinajstić information content (AvgIpc) is 3.29. The molecule has 1 aromatic carbocycles. The molecule has 0 spiro atoms. The van der Waals surface area contributed by atoms with Gasteiger partial charge >= 0.3 is 0 Å². The van der Waals surface area contributed by atoms with Crippen LogP contribution in [0.2, 0.25) is 0 Å². The second-order valence-corrected chi connectivity index (χ2v) is 6.85. The highest BCUT2D eigenvalue weighted by Gasteiger charge is 2.41. The van der Waals surface area contributed by atoms with Crippen molar-refractivity contribution in [2.45, 2.75) is 57.9 Å². The van der Waals surface area contributed by atoms with Gasteiger partial charge in [-0.2, -0.15) is 0 Å². The van der Waals surface area contributed by atoms with E-state index in [0.29, 0.717) is 30.4 Å². The summed E-state index contributed by atoms with van der Waals surface area (Å²) in [4.78, 5) is 4.66.